The molecule has 0 rings (SSSR count). The van der Waals surface area contributed by atoms with Crippen LogP contribution in [0.5, 0.6) is 0 Å². The minimum Gasteiger partial charge on any atom is -0.480 e. The van der Waals surface area contributed by atoms with Crippen LogP contribution in [0, 0.1) is 0 Å². The molecule has 0 fully saturated rings. The summed E-state index contributed by atoms with van der Waals surface area (Å²) in [5.74, 6) is -1.46. The molecule has 11 heavy (non-hydrogen) atoms. The van der Waals surface area contributed by atoms with Gasteiger partial charge in [0.05, 0.1) is 0 Å². The molecule has 0 aliphatic carbocycles. The Morgan fingerprint density at radius 3 is 2.18 bits per heavy atom. The van der Waals surface area contributed by atoms with E-state index >= 15 is 0 Å². The Morgan fingerprint density at radius 1 is 1.45 bits per heavy atom. The Bertz CT molecular complexity index is 171. The Kier molecular flexibility index (Phi) is 4.67. The summed E-state index contributed by atoms with van der Waals surface area (Å²) in [7, 11) is 0. The van der Waals surface area contributed by atoms with Crippen LogP contribution in [-0.4, -0.2) is 26.8 Å². The number of nitrogens with one attached hydrogen (secondary N) is 1. The van der Waals surface area contributed by atoms with Gasteiger partial charge in [-0.25, -0.2) is 0 Å². The third-order valence-corrected chi connectivity index (χ3v) is 1.76. The molecule has 0 aromatic carbocycles. The lowest BCUT2D eigenvalue weighted by Gasteiger charge is -2.08. The van der Waals surface area contributed by atoms with Gasteiger partial charge in [-0.1, -0.05) is 31.9 Å². The average molecular weight is 289 g/mol. The molecular formula is C5H7Br2NO3. The van der Waals surface area contributed by atoms with Crippen molar-refractivity contribution in [1.29, 1.82) is 0 Å². The van der Waals surface area contributed by atoms with Crippen molar-refractivity contribution in [2.45, 2.75) is 16.7 Å². The summed E-state index contributed by atoms with van der Waals surface area (Å²) >= 11 is 5.86. The minimum atomic E-state index is -1.06. The molecular weight excluding hydrogens is 282 g/mol. The molecule has 0 spiro atoms. The van der Waals surface area contributed by atoms with Crippen LogP contribution in [0.15, 0.2) is 0 Å². The van der Waals surface area contributed by atoms with E-state index in [1.54, 1.807) is 0 Å². The average Bonchev–Trinajstić information content (AvgIpc) is 1.87. The SMILES string of the molecule is CC(NC(=O)C(Br)Br)C(=O)O. The lowest BCUT2D eigenvalue weighted by Crippen LogP contribution is -2.40. The van der Waals surface area contributed by atoms with E-state index in [0.717, 1.165) is 0 Å². The van der Waals surface area contributed by atoms with E-state index in [2.05, 4.69) is 37.2 Å². The van der Waals surface area contributed by atoms with Crippen LogP contribution in [0.2, 0.25) is 0 Å². The van der Waals surface area contributed by atoms with Crippen LogP contribution in [0.25, 0.3) is 0 Å². The lowest BCUT2D eigenvalue weighted by molar-refractivity contribution is -0.140. The van der Waals surface area contributed by atoms with Gasteiger partial charge < -0.3 is 10.4 Å². The molecule has 6 heteroatoms. The first-order valence-corrected chi connectivity index (χ1v) is 4.59. The quantitative estimate of drug-likeness (QED) is 0.751. The van der Waals surface area contributed by atoms with Crippen LogP contribution >= 0.6 is 31.9 Å². The van der Waals surface area contributed by atoms with E-state index in [-0.39, 0.29) is 0 Å². The molecule has 0 saturated heterocycles. The molecule has 0 aromatic rings. The normalized spacial score (nSPS) is 12.7. The second kappa shape index (κ2) is 4.71. The van der Waals surface area contributed by atoms with E-state index in [1.165, 1.54) is 6.92 Å². The van der Waals surface area contributed by atoms with Crippen molar-refractivity contribution in [2.24, 2.45) is 0 Å². The first-order chi connectivity index (χ1) is 4.95. The van der Waals surface area contributed by atoms with Crippen LogP contribution < -0.4 is 5.32 Å². The van der Waals surface area contributed by atoms with Gasteiger partial charge in [0.15, 0.2) is 0 Å². The molecule has 0 aliphatic rings. The Hall–Kier alpha value is -0.100. The number of hydrogen-bond donors (Lipinski definition) is 2. The van der Waals surface area contributed by atoms with E-state index in [1.807, 2.05) is 0 Å². The number of carboxylic acid groups (broad SMARTS) is 1. The van der Waals surface area contributed by atoms with Crippen LogP contribution in [0.1, 0.15) is 6.92 Å². The number of rotatable bonds is 3. The van der Waals surface area contributed by atoms with Gasteiger partial charge in [-0.15, -0.1) is 0 Å². The number of aliphatic carboxylic acids is 1. The smallest absolute Gasteiger partial charge is 0.325 e. The number of carbonyl (C=O) groups is 2. The summed E-state index contributed by atoms with van der Waals surface area (Å²) in [6.45, 7) is 1.39. The van der Waals surface area contributed by atoms with E-state index < -0.39 is 21.7 Å². The molecule has 64 valence electrons. The van der Waals surface area contributed by atoms with Gasteiger partial charge in [-0.3, -0.25) is 9.59 Å². The third kappa shape index (κ3) is 4.36. The van der Waals surface area contributed by atoms with Gasteiger partial charge >= 0.3 is 5.97 Å². The fourth-order valence-electron chi connectivity index (χ4n) is 0.338. The van der Waals surface area contributed by atoms with Crippen molar-refractivity contribution in [3.05, 3.63) is 0 Å². The Labute approximate surface area is 80.6 Å². The zero-order valence-corrected chi connectivity index (χ0v) is 8.85. The molecule has 0 heterocycles. The van der Waals surface area contributed by atoms with Crippen LogP contribution in [0.4, 0.5) is 0 Å². The standard InChI is InChI=1S/C5H7Br2NO3/c1-2(5(10)11)8-4(9)3(6)7/h2-3H,1H3,(H,8,9)(H,10,11). The van der Waals surface area contributed by atoms with Crippen molar-refractivity contribution in [2.75, 3.05) is 0 Å². The zero-order valence-electron chi connectivity index (χ0n) is 5.67. The van der Waals surface area contributed by atoms with Crippen molar-refractivity contribution in [3.8, 4) is 0 Å². The summed E-state index contributed by atoms with van der Waals surface area (Å²) in [5.41, 5.74) is 0. The number of alkyl halides is 2. The highest BCUT2D eigenvalue weighted by Gasteiger charge is 2.17. The lowest BCUT2D eigenvalue weighted by atomic mass is 10.3. The highest BCUT2D eigenvalue weighted by Crippen LogP contribution is 2.07. The number of halogens is 2. The van der Waals surface area contributed by atoms with E-state index in [0.29, 0.717) is 0 Å². The number of hydrogen-bond acceptors (Lipinski definition) is 2. The second-order valence-electron chi connectivity index (χ2n) is 1.87. The fraction of sp³-hybridized carbons (Fsp3) is 0.600. The summed E-state index contributed by atoms with van der Waals surface area (Å²) < 4.78 is -0.545. The second-order valence-corrected chi connectivity index (χ2v) is 4.93. The maximum atomic E-state index is 10.8. The predicted molar refractivity (Wildman–Crippen MR) is 46.9 cm³/mol. The first-order valence-electron chi connectivity index (χ1n) is 2.76. The summed E-state index contributed by atoms with van der Waals surface area (Å²) in [4.78, 5) is 21.0. The Morgan fingerprint density at radius 2 is 1.91 bits per heavy atom. The highest BCUT2D eigenvalue weighted by molar-refractivity contribution is 9.25. The summed E-state index contributed by atoms with van der Waals surface area (Å²) in [5, 5.41) is 10.6. The molecule has 0 aliphatic heterocycles. The van der Waals surface area contributed by atoms with Gasteiger partial charge in [-0.05, 0) is 6.92 Å². The van der Waals surface area contributed by atoms with Crippen molar-refractivity contribution >= 4 is 43.7 Å². The zero-order chi connectivity index (χ0) is 9.02. The fourth-order valence-corrected chi connectivity index (χ4v) is 0.602. The molecule has 1 atom stereocenters. The first kappa shape index (κ1) is 10.9. The maximum Gasteiger partial charge on any atom is 0.325 e. The van der Waals surface area contributed by atoms with Gasteiger partial charge in [0.25, 0.3) is 0 Å². The van der Waals surface area contributed by atoms with Crippen molar-refractivity contribution in [1.82, 2.24) is 5.32 Å². The molecule has 1 unspecified atom stereocenters. The molecule has 4 nitrogen and oxygen atoms in total. The van der Waals surface area contributed by atoms with Crippen molar-refractivity contribution in [3.63, 3.8) is 0 Å². The molecule has 1 amide bonds. The van der Waals surface area contributed by atoms with Gasteiger partial charge in [-0.2, -0.15) is 0 Å². The molecule has 0 aromatic heterocycles. The largest absolute Gasteiger partial charge is 0.480 e. The summed E-state index contributed by atoms with van der Waals surface area (Å²) in [6.07, 6.45) is 0. The summed E-state index contributed by atoms with van der Waals surface area (Å²) in [6, 6.07) is -0.861. The number of amides is 1. The van der Waals surface area contributed by atoms with Gasteiger partial charge in [0.2, 0.25) is 5.91 Å². The minimum absolute atomic E-state index is 0.403. The third-order valence-electron chi connectivity index (χ3n) is 0.927. The molecule has 0 bridgehead atoms. The molecule has 0 radical (unpaired) electrons. The van der Waals surface area contributed by atoms with E-state index in [9.17, 15) is 9.59 Å². The van der Waals surface area contributed by atoms with E-state index in [4.69, 9.17) is 5.11 Å². The number of carbonyl (C=O) groups excluding carboxylic acids is 1. The van der Waals surface area contributed by atoms with Crippen LogP contribution in [-0.2, 0) is 9.59 Å². The molecule has 0 saturated carbocycles. The molecule has 2 N–H and O–H groups in total. The topological polar surface area (TPSA) is 66.4 Å². The van der Waals surface area contributed by atoms with Gasteiger partial charge in [0.1, 0.15) is 9.78 Å². The van der Waals surface area contributed by atoms with Crippen molar-refractivity contribution < 1.29 is 14.7 Å². The number of carboxylic acids is 1. The van der Waals surface area contributed by atoms with Crippen LogP contribution in [0.3, 0.4) is 0 Å². The monoisotopic (exact) mass is 287 g/mol. The van der Waals surface area contributed by atoms with Gasteiger partial charge in [0, 0.05) is 0 Å². The maximum absolute atomic E-state index is 10.8. The Balaban J connectivity index is 3.85. The predicted octanol–water partition coefficient (Wildman–Crippen LogP) is 0.692. The highest BCUT2D eigenvalue weighted by atomic mass is 79.9.